The van der Waals surface area contributed by atoms with Gasteiger partial charge >= 0.3 is 5.97 Å². The Labute approximate surface area is 114 Å². The number of nitrogens with one attached hydrogen (secondary N) is 1. The van der Waals surface area contributed by atoms with Crippen LogP contribution in [0.5, 0.6) is 5.75 Å². The summed E-state index contributed by atoms with van der Waals surface area (Å²) in [6, 6.07) is 12.4. The predicted octanol–water partition coefficient (Wildman–Crippen LogP) is 2.94. The van der Waals surface area contributed by atoms with Gasteiger partial charge < -0.3 is 9.84 Å². The lowest BCUT2D eigenvalue weighted by molar-refractivity contribution is 0.0697. The molecular weight excluding hydrogens is 256 g/mol. The van der Waals surface area contributed by atoms with Gasteiger partial charge in [-0.05, 0) is 42.5 Å². The molecule has 2 N–H and O–H groups in total. The quantitative estimate of drug-likeness (QED) is 0.765. The van der Waals surface area contributed by atoms with E-state index in [4.69, 9.17) is 9.84 Å². The van der Waals surface area contributed by atoms with E-state index in [0.717, 1.165) is 27.9 Å². The second-order valence-electron chi connectivity index (χ2n) is 4.37. The number of aromatic nitrogens is 2. The van der Waals surface area contributed by atoms with E-state index in [-0.39, 0.29) is 5.56 Å². The summed E-state index contributed by atoms with van der Waals surface area (Å²) in [5, 5.41) is 17.0. The van der Waals surface area contributed by atoms with Crippen LogP contribution in [0.25, 0.3) is 22.2 Å². The van der Waals surface area contributed by atoms with Crippen molar-refractivity contribution in [1.82, 2.24) is 10.2 Å². The average Bonchev–Trinajstić information content (AvgIpc) is 2.90. The van der Waals surface area contributed by atoms with Crippen LogP contribution in [0.3, 0.4) is 0 Å². The molecule has 0 aliphatic rings. The van der Waals surface area contributed by atoms with E-state index < -0.39 is 5.97 Å². The number of carboxylic acids is 1. The molecule has 0 bridgehead atoms. The molecule has 3 rings (SSSR count). The molecular formula is C15H12N2O3. The second kappa shape index (κ2) is 4.70. The van der Waals surface area contributed by atoms with Gasteiger partial charge in [-0.2, -0.15) is 5.10 Å². The molecule has 0 spiro atoms. The Balaban J connectivity index is 2.14. The van der Waals surface area contributed by atoms with Crippen molar-refractivity contribution in [3.05, 3.63) is 48.0 Å². The number of benzene rings is 2. The summed E-state index contributed by atoms with van der Waals surface area (Å²) in [5.41, 5.74) is 2.68. The number of aromatic amines is 1. The third-order valence-corrected chi connectivity index (χ3v) is 3.17. The number of H-pyrrole nitrogens is 1. The Kier molecular flexibility index (Phi) is 2.87. The number of carbonyl (C=O) groups is 1. The first-order valence-electron chi connectivity index (χ1n) is 6.05. The predicted molar refractivity (Wildman–Crippen MR) is 75.0 cm³/mol. The Morgan fingerprint density at radius 2 is 1.95 bits per heavy atom. The van der Waals surface area contributed by atoms with E-state index in [1.807, 2.05) is 24.3 Å². The topological polar surface area (TPSA) is 75.2 Å². The highest BCUT2D eigenvalue weighted by Crippen LogP contribution is 2.28. The molecule has 1 heterocycles. The van der Waals surface area contributed by atoms with Crippen LogP contribution < -0.4 is 4.74 Å². The van der Waals surface area contributed by atoms with Crippen molar-refractivity contribution >= 4 is 16.9 Å². The molecule has 1 aromatic heterocycles. The Morgan fingerprint density at radius 3 is 2.60 bits per heavy atom. The molecule has 3 aromatic rings. The van der Waals surface area contributed by atoms with E-state index >= 15 is 0 Å². The number of rotatable bonds is 3. The molecule has 20 heavy (non-hydrogen) atoms. The first-order valence-corrected chi connectivity index (χ1v) is 6.05. The number of methoxy groups -OCH3 is 1. The van der Waals surface area contributed by atoms with Crippen LogP contribution in [-0.4, -0.2) is 28.4 Å². The maximum Gasteiger partial charge on any atom is 0.335 e. The van der Waals surface area contributed by atoms with Gasteiger partial charge in [-0.3, -0.25) is 5.10 Å². The monoisotopic (exact) mass is 268 g/mol. The highest BCUT2D eigenvalue weighted by molar-refractivity contribution is 5.98. The number of aromatic carboxylic acids is 1. The molecule has 5 heteroatoms. The van der Waals surface area contributed by atoms with E-state index in [1.54, 1.807) is 25.3 Å². The van der Waals surface area contributed by atoms with Gasteiger partial charge in [0.05, 0.1) is 23.9 Å². The largest absolute Gasteiger partial charge is 0.497 e. The molecule has 5 nitrogen and oxygen atoms in total. The summed E-state index contributed by atoms with van der Waals surface area (Å²) in [7, 11) is 1.61. The zero-order valence-corrected chi connectivity index (χ0v) is 10.8. The Bertz CT molecular complexity index is 775. The number of hydrogen-bond acceptors (Lipinski definition) is 3. The molecule has 0 aliphatic carbocycles. The first kappa shape index (κ1) is 12.2. The second-order valence-corrected chi connectivity index (χ2v) is 4.37. The van der Waals surface area contributed by atoms with E-state index in [1.165, 1.54) is 0 Å². The van der Waals surface area contributed by atoms with Gasteiger partial charge in [0.15, 0.2) is 0 Å². The summed E-state index contributed by atoms with van der Waals surface area (Å²) in [4.78, 5) is 11.1. The van der Waals surface area contributed by atoms with Crippen molar-refractivity contribution < 1.29 is 14.6 Å². The Morgan fingerprint density at radius 1 is 1.20 bits per heavy atom. The maximum absolute atomic E-state index is 11.1. The van der Waals surface area contributed by atoms with Crippen LogP contribution in [0.2, 0.25) is 0 Å². The lowest BCUT2D eigenvalue weighted by atomic mass is 10.1. The van der Waals surface area contributed by atoms with Crippen LogP contribution in [-0.2, 0) is 0 Å². The van der Waals surface area contributed by atoms with Crippen molar-refractivity contribution in [2.45, 2.75) is 0 Å². The van der Waals surface area contributed by atoms with Crippen molar-refractivity contribution in [2.24, 2.45) is 0 Å². The van der Waals surface area contributed by atoms with Gasteiger partial charge in [-0.15, -0.1) is 0 Å². The fraction of sp³-hybridized carbons (Fsp3) is 0.0667. The standard InChI is InChI=1S/C15H12N2O3/c1-20-11-5-2-9(3-6-11)14-12-8-10(15(18)19)4-7-13(12)16-17-14/h2-8H,1H3,(H,16,17)(H,18,19). The van der Waals surface area contributed by atoms with Crippen molar-refractivity contribution in [3.63, 3.8) is 0 Å². The van der Waals surface area contributed by atoms with Crippen molar-refractivity contribution in [2.75, 3.05) is 7.11 Å². The number of hydrogen-bond donors (Lipinski definition) is 2. The number of fused-ring (bicyclic) bond motifs is 1. The molecule has 100 valence electrons. The van der Waals surface area contributed by atoms with Gasteiger partial charge in [0.2, 0.25) is 0 Å². The molecule has 0 aliphatic heterocycles. The van der Waals surface area contributed by atoms with Gasteiger partial charge in [0.25, 0.3) is 0 Å². The molecule has 0 saturated heterocycles. The van der Waals surface area contributed by atoms with Gasteiger partial charge in [0.1, 0.15) is 5.75 Å². The summed E-state index contributed by atoms with van der Waals surface area (Å²) < 4.78 is 5.12. The molecule has 0 fully saturated rings. The summed E-state index contributed by atoms with van der Waals surface area (Å²) in [5.74, 6) is -0.186. The lowest BCUT2D eigenvalue weighted by Gasteiger charge is -2.02. The SMILES string of the molecule is COc1ccc(-c2n[nH]c3ccc(C(=O)O)cc23)cc1. The summed E-state index contributed by atoms with van der Waals surface area (Å²) in [6.45, 7) is 0. The number of carboxylic acid groups (broad SMARTS) is 1. The van der Waals surface area contributed by atoms with E-state index in [9.17, 15) is 4.79 Å². The molecule has 0 unspecified atom stereocenters. The van der Waals surface area contributed by atoms with Crippen molar-refractivity contribution in [3.8, 4) is 17.0 Å². The van der Waals surface area contributed by atoms with Crippen LogP contribution in [0.1, 0.15) is 10.4 Å². The van der Waals surface area contributed by atoms with E-state index in [0.29, 0.717) is 0 Å². The molecule has 0 amide bonds. The van der Waals surface area contributed by atoms with Crippen LogP contribution >= 0.6 is 0 Å². The normalized spacial score (nSPS) is 10.7. The molecule has 0 atom stereocenters. The molecule has 0 radical (unpaired) electrons. The highest BCUT2D eigenvalue weighted by Gasteiger charge is 2.11. The van der Waals surface area contributed by atoms with Crippen LogP contribution in [0, 0.1) is 0 Å². The number of nitrogens with zero attached hydrogens (tertiary/aromatic N) is 1. The third kappa shape index (κ3) is 1.99. The highest BCUT2D eigenvalue weighted by atomic mass is 16.5. The lowest BCUT2D eigenvalue weighted by Crippen LogP contribution is -1.94. The zero-order valence-electron chi connectivity index (χ0n) is 10.8. The fourth-order valence-electron chi connectivity index (χ4n) is 2.12. The Hall–Kier alpha value is -2.82. The van der Waals surface area contributed by atoms with Gasteiger partial charge in [0, 0.05) is 10.9 Å². The maximum atomic E-state index is 11.1. The molecule has 0 saturated carbocycles. The summed E-state index contributed by atoms with van der Waals surface area (Å²) in [6.07, 6.45) is 0. The van der Waals surface area contributed by atoms with Gasteiger partial charge in [-0.25, -0.2) is 4.79 Å². The third-order valence-electron chi connectivity index (χ3n) is 3.17. The number of ether oxygens (including phenoxy) is 1. The van der Waals surface area contributed by atoms with Gasteiger partial charge in [-0.1, -0.05) is 0 Å². The minimum Gasteiger partial charge on any atom is -0.497 e. The smallest absolute Gasteiger partial charge is 0.335 e. The van der Waals surface area contributed by atoms with Crippen molar-refractivity contribution in [1.29, 1.82) is 0 Å². The van der Waals surface area contributed by atoms with Crippen LogP contribution in [0.4, 0.5) is 0 Å². The zero-order chi connectivity index (χ0) is 14.1. The van der Waals surface area contributed by atoms with E-state index in [2.05, 4.69) is 10.2 Å². The summed E-state index contributed by atoms with van der Waals surface area (Å²) >= 11 is 0. The van der Waals surface area contributed by atoms with Crippen LogP contribution in [0.15, 0.2) is 42.5 Å². The minimum atomic E-state index is -0.950. The first-order chi connectivity index (χ1) is 9.69. The average molecular weight is 268 g/mol. The minimum absolute atomic E-state index is 0.244. The molecule has 2 aromatic carbocycles. The fourth-order valence-corrected chi connectivity index (χ4v) is 2.12.